The highest BCUT2D eigenvalue weighted by Gasteiger charge is 2.31. The Morgan fingerprint density at radius 3 is 2.61 bits per heavy atom. The first-order valence-corrected chi connectivity index (χ1v) is 8.21. The van der Waals surface area contributed by atoms with Gasteiger partial charge in [-0.3, -0.25) is 4.79 Å². The first-order valence-electron chi connectivity index (χ1n) is 8.21. The number of carbonyl (C=O) groups is 2. The highest BCUT2D eigenvalue weighted by atomic mass is 19.2. The minimum absolute atomic E-state index is 0.0585. The van der Waals surface area contributed by atoms with Crippen LogP contribution in [0.5, 0.6) is 11.5 Å². The van der Waals surface area contributed by atoms with Crippen LogP contribution in [0.25, 0.3) is 0 Å². The molecular formula is C19H17F2N3O4. The van der Waals surface area contributed by atoms with Crippen LogP contribution in [0.4, 0.5) is 19.3 Å². The molecule has 1 aliphatic heterocycles. The summed E-state index contributed by atoms with van der Waals surface area (Å²) in [5.74, 6) is -2.68. The third-order valence-electron chi connectivity index (χ3n) is 4.23. The second kappa shape index (κ2) is 7.55. The number of carbonyl (C=O) groups excluding carboxylic acids is 2. The lowest BCUT2D eigenvalue weighted by atomic mass is 9.94. The van der Waals surface area contributed by atoms with Gasteiger partial charge in [-0.2, -0.15) is 0 Å². The second-order valence-electron chi connectivity index (χ2n) is 6.08. The molecule has 9 heteroatoms. The molecule has 0 unspecified atom stereocenters. The highest BCUT2D eigenvalue weighted by Crippen LogP contribution is 2.33. The molecule has 0 aliphatic carbocycles. The Labute approximate surface area is 159 Å². The summed E-state index contributed by atoms with van der Waals surface area (Å²) < 4.78 is 31.6. The number of phenols is 1. The topological polar surface area (TPSA) is 99.7 Å². The number of hydrogen-bond donors (Lipinski definition) is 4. The molecule has 0 aromatic heterocycles. The first-order chi connectivity index (χ1) is 13.3. The fourth-order valence-corrected chi connectivity index (χ4v) is 2.89. The van der Waals surface area contributed by atoms with E-state index in [0.29, 0.717) is 11.3 Å². The number of hydrogen-bond acceptors (Lipinski definition) is 4. The average Bonchev–Trinajstić information content (AvgIpc) is 2.64. The van der Waals surface area contributed by atoms with Gasteiger partial charge in [-0.15, -0.1) is 0 Å². The molecule has 0 spiro atoms. The van der Waals surface area contributed by atoms with Crippen LogP contribution >= 0.6 is 0 Å². The number of allylic oxidation sites excluding steroid dienone is 1. The third kappa shape index (κ3) is 3.73. The highest BCUT2D eigenvalue weighted by molar-refractivity contribution is 6.06. The Kier molecular flexibility index (Phi) is 5.16. The van der Waals surface area contributed by atoms with E-state index in [0.717, 1.165) is 12.1 Å². The lowest BCUT2D eigenvalue weighted by Gasteiger charge is -2.29. The smallest absolute Gasteiger partial charge is 0.319 e. The molecule has 3 rings (SSSR count). The van der Waals surface area contributed by atoms with Gasteiger partial charge in [0, 0.05) is 17.5 Å². The molecule has 28 heavy (non-hydrogen) atoms. The van der Waals surface area contributed by atoms with Gasteiger partial charge >= 0.3 is 6.03 Å². The standard InChI is InChI=1S/C19H17F2N3O4/c1-9-16(18(26)23-11-4-5-12(20)13(21)8-11)17(24-19(27)22-9)10-3-6-14(25)15(7-10)28-2/h3-8,17,25H,1-2H3,(H,23,26)(H2,22,24,27)/t17-/m1/s1. The van der Waals surface area contributed by atoms with E-state index in [-0.39, 0.29) is 22.8 Å². The van der Waals surface area contributed by atoms with Crippen molar-refractivity contribution in [2.75, 3.05) is 12.4 Å². The molecular weight excluding hydrogens is 372 g/mol. The first kappa shape index (κ1) is 19.2. The maximum absolute atomic E-state index is 13.4. The minimum atomic E-state index is -1.10. The van der Waals surface area contributed by atoms with Gasteiger partial charge in [0.1, 0.15) is 0 Å². The molecule has 2 aromatic rings. The summed E-state index contributed by atoms with van der Waals surface area (Å²) >= 11 is 0. The molecule has 0 saturated carbocycles. The van der Waals surface area contributed by atoms with Crippen LogP contribution in [-0.2, 0) is 4.79 Å². The lowest BCUT2D eigenvalue weighted by Crippen LogP contribution is -2.46. The molecule has 1 aliphatic rings. The SMILES string of the molecule is COc1cc([C@H]2NC(=O)NC(C)=C2C(=O)Nc2ccc(F)c(F)c2)ccc1O. The predicted octanol–water partition coefficient (Wildman–Crippen LogP) is 2.95. The molecule has 0 bridgehead atoms. The van der Waals surface area contributed by atoms with Crippen molar-refractivity contribution in [1.29, 1.82) is 0 Å². The zero-order chi connectivity index (χ0) is 20.4. The van der Waals surface area contributed by atoms with E-state index >= 15 is 0 Å². The Morgan fingerprint density at radius 2 is 1.93 bits per heavy atom. The predicted molar refractivity (Wildman–Crippen MR) is 96.8 cm³/mol. The summed E-state index contributed by atoms with van der Waals surface area (Å²) in [5.41, 5.74) is 1.00. The normalized spacial score (nSPS) is 16.3. The van der Waals surface area contributed by atoms with E-state index in [2.05, 4.69) is 16.0 Å². The van der Waals surface area contributed by atoms with Gasteiger partial charge in [0.2, 0.25) is 0 Å². The van der Waals surface area contributed by atoms with Crippen molar-refractivity contribution < 1.29 is 28.2 Å². The molecule has 0 fully saturated rings. The molecule has 1 heterocycles. The molecule has 3 amide bonds. The molecule has 146 valence electrons. The molecule has 4 N–H and O–H groups in total. The van der Waals surface area contributed by atoms with Crippen molar-refractivity contribution in [3.8, 4) is 11.5 Å². The number of urea groups is 1. The van der Waals surface area contributed by atoms with Crippen molar-refractivity contribution in [2.24, 2.45) is 0 Å². The number of amides is 3. The summed E-state index contributed by atoms with van der Waals surface area (Å²) in [6.07, 6.45) is 0. The quantitative estimate of drug-likeness (QED) is 0.646. The van der Waals surface area contributed by atoms with Crippen molar-refractivity contribution in [3.63, 3.8) is 0 Å². The number of halogens is 2. The zero-order valence-corrected chi connectivity index (χ0v) is 15.0. The summed E-state index contributed by atoms with van der Waals surface area (Å²) in [6, 6.07) is 6.01. The maximum Gasteiger partial charge on any atom is 0.319 e. The lowest BCUT2D eigenvalue weighted by molar-refractivity contribution is -0.113. The molecule has 0 saturated heterocycles. The number of ether oxygens (including phenoxy) is 1. The number of nitrogens with one attached hydrogen (secondary N) is 3. The second-order valence-corrected chi connectivity index (χ2v) is 6.08. The van der Waals surface area contributed by atoms with Gasteiger partial charge in [-0.1, -0.05) is 6.07 Å². The van der Waals surface area contributed by atoms with Gasteiger partial charge < -0.3 is 25.8 Å². The van der Waals surface area contributed by atoms with E-state index in [4.69, 9.17) is 4.74 Å². The van der Waals surface area contributed by atoms with Crippen LogP contribution in [0.2, 0.25) is 0 Å². The summed E-state index contributed by atoms with van der Waals surface area (Å²) in [4.78, 5) is 24.8. The van der Waals surface area contributed by atoms with Crippen molar-refractivity contribution in [2.45, 2.75) is 13.0 Å². The van der Waals surface area contributed by atoms with E-state index in [9.17, 15) is 23.5 Å². The molecule has 7 nitrogen and oxygen atoms in total. The van der Waals surface area contributed by atoms with Gasteiger partial charge in [-0.25, -0.2) is 13.6 Å². The Balaban J connectivity index is 1.97. The van der Waals surface area contributed by atoms with Crippen LogP contribution in [0.1, 0.15) is 18.5 Å². The minimum Gasteiger partial charge on any atom is -0.504 e. The van der Waals surface area contributed by atoms with Crippen LogP contribution in [0, 0.1) is 11.6 Å². The van der Waals surface area contributed by atoms with E-state index in [1.165, 1.54) is 31.4 Å². The largest absolute Gasteiger partial charge is 0.504 e. The van der Waals surface area contributed by atoms with Crippen LogP contribution in [0.15, 0.2) is 47.7 Å². The van der Waals surface area contributed by atoms with Gasteiger partial charge in [0.05, 0.1) is 18.7 Å². The van der Waals surface area contributed by atoms with Gasteiger partial charge in [0.25, 0.3) is 5.91 Å². The average molecular weight is 389 g/mol. The van der Waals surface area contributed by atoms with Crippen LogP contribution < -0.4 is 20.7 Å². The fraction of sp³-hybridized carbons (Fsp3) is 0.158. The summed E-state index contributed by atoms with van der Waals surface area (Å²) in [5, 5.41) is 17.4. The number of anilines is 1. The van der Waals surface area contributed by atoms with E-state index < -0.39 is 29.6 Å². The number of benzene rings is 2. The van der Waals surface area contributed by atoms with Gasteiger partial charge in [0.15, 0.2) is 23.1 Å². The Hall–Kier alpha value is -3.62. The Morgan fingerprint density at radius 1 is 1.18 bits per heavy atom. The molecule has 2 aromatic carbocycles. The van der Waals surface area contributed by atoms with E-state index in [1.807, 2.05) is 0 Å². The third-order valence-corrected chi connectivity index (χ3v) is 4.23. The monoisotopic (exact) mass is 389 g/mol. The fourth-order valence-electron chi connectivity index (χ4n) is 2.89. The Bertz CT molecular complexity index is 991. The number of aromatic hydroxyl groups is 1. The number of methoxy groups -OCH3 is 1. The number of rotatable bonds is 4. The molecule has 0 radical (unpaired) electrons. The number of phenolic OH excluding ortho intramolecular Hbond substituents is 1. The van der Waals surface area contributed by atoms with Crippen LogP contribution in [0.3, 0.4) is 0 Å². The zero-order valence-electron chi connectivity index (χ0n) is 15.0. The molecule has 1 atom stereocenters. The summed E-state index contributed by atoms with van der Waals surface area (Å²) in [6.45, 7) is 1.55. The maximum atomic E-state index is 13.4. The van der Waals surface area contributed by atoms with E-state index in [1.54, 1.807) is 6.92 Å². The van der Waals surface area contributed by atoms with Gasteiger partial charge in [-0.05, 0) is 36.8 Å². The van der Waals surface area contributed by atoms with Crippen LogP contribution in [-0.4, -0.2) is 24.2 Å². The van der Waals surface area contributed by atoms with Crippen molar-refractivity contribution in [1.82, 2.24) is 10.6 Å². The van der Waals surface area contributed by atoms with Crippen molar-refractivity contribution in [3.05, 3.63) is 64.9 Å². The summed E-state index contributed by atoms with van der Waals surface area (Å²) in [7, 11) is 1.37. The van der Waals surface area contributed by atoms with Crippen molar-refractivity contribution >= 4 is 17.6 Å².